The van der Waals surface area contributed by atoms with E-state index in [9.17, 15) is 4.79 Å². The molecule has 2 rings (SSSR count). The molecule has 1 heterocycles. The Morgan fingerprint density at radius 3 is 2.59 bits per heavy atom. The molecule has 0 spiro atoms. The summed E-state index contributed by atoms with van der Waals surface area (Å²) in [7, 11) is 1.58. The Labute approximate surface area is 102 Å². The van der Waals surface area contributed by atoms with Crippen molar-refractivity contribution < 1.29 is 9.53 Å². The Bertz CT molecular complexity index is 426. The van der Waals surface area contributed by atoms with Crippen molar-refractivity contribution in [1.82, 2.24) is 4.90 Å². The van der Waals surface area contributed by atoms with Crippen molar-refractivity contribution in [2.45, 2.75) is 32.4 Å². The number of hydrogen-bond donors (Lipinski definition) is 0. The molecular weight excluding hydrogens is 214 g/mol. The van der Waals surface area contributed by atoms with Gasteiger partial charge in [-0.2, -0.15) is 0 Å². The number of fused-ring (bicyclic) bond motifs is 1. The molecule has 0 saturated carbocycles. The van der Waals surface area contributed by atoms with Crippen LogP contribution in [0.3, 0.4) is 0 Å². The third-order valence-electron chi connectivity index (χ3n) is 3.44. The van der Waals surface area contributed by atoms with Crippen LogP contribution >= 0.6 is 0 Å². The SMILES string of the molecule is COC(C)(C)C(=O)N1CCc2ccccc2C1. The summed E-state index contributed by atoms with van der Waals surface area (Å²) in [5.74, 6) is 0.0644. The number of amides is 1. The van der Waals surface area contributed by atoms with Crippen LogP contribution in [0.1, 0.15) is 25.0 Å². The summed E-state index contributed by atoms with van der Waals surface area (Å²) >= 11 is 0. The van der Waals surface area contributed by atoms with Gasteiger partial charge in [0.1, 0.15) is 5.60 Å². The van der Waals surface area contributed by atoms with E-state index in [0.717, 1.165) is 13.0 Å². The molecule has 0 bridgehead atoms. The van der Waals surface area contributed by atoms with E-state index in [0.29, 0.717) is 6.54 Å². The summed E-state index contributed by atoms with van der Waals surface area (Å²) in [6.07, 6.45) is 0.932. The summed E-state index contributed by atoms with van der Waals surface area (Å²) in [6, 6.07) is 8.30. The molecule has 3 nitrogen and oxygen atoms in total. The summed E-state index contributed by atoms with van der Waals surface area (Å²) in [5.41, 5.74) is 1.87. The van der Waals surface area contributed by atoms with Crippen LogP contribution in [-0.2, 0) is 22.5 Å². The van der Waals surface area contributed by atoms with E-state index in [2.05, 4.69) is 18.2 Å². The lowest BCUT2D eigenvalue weighted by Crippen LogP contribution is -2.48. The largest absolute Gasteiger partial charge is 0.369 e. The number of rotatable bonds is 2. The molecule has 1 amide bonds. The van der Waals surface area contributed by atoms with Crippen LogP contribution in [0.2, 0.25) is 0 Å². The standard InChI is InChI=1S/C14H19NO2/c1-14(2,17-3)13(16)15-9-8-11-6-4-5-7-12(11)10-15/h4-7H,8-10H2,1-3H3. The molecule has 92 valence electrons. The minimum absolute atomic E-state index is 0.0644. The summed E-state index contributed by atoms with van der Waals surface area (Å²) in [6.45, 7) is 5.11. The minimum Gasteiger partial charge on any atom is -0.369 e. The maximum atomic E-state index is 12.3. The molecule has 0 aromatic heterocycles. The van der Waals surface area contributed by atoms with Gasteiger partial charge in [-0.1, -0.05) is 24.3 Å². The Hall–Kier alpha value is -1.35. The van der Waals surface area contributed by atoms with Crippen LogP contribution in [0, 0.1) is 0 Å². The first kappa shape index (κ1) is 12.1. The van der Waals surface area contributed by atoms with Gasteiger partial charge in [-0.3, -0.25) is 4.79 Å². The van der Waals surface area contributed by atoms with Gasteiger partial charge in [-0.25, -0.2) is 0 Å². The smallest absolute Gasteiger partial charge is 0.254 e. The molecule has 0 fully saturated rings. The number of ether oxygens (including phenoxy) is 1. The third-order valence-corrected chi connectivity index (χ3v) is 3.44. The molecule has 1 aliphatic rings. The second-order valence-corrected chi connectivity index (χ2v) is 4.96. The Kier molecular flexibility index (Phi) is 3.20. The van der Waals surface area contributed by atoms with E-state index >= 15 is 0 Å². The molecule has 1 aliphatic heterocycles. The van der Waals surface area contributed by atoms with Crippen molar-refractivity contribution in [3.8, 4) is 0 Å². The van der Waals surface area contributed by atoms with Crippen LogP contribution in [-0.4, -0.2) is 30.1 Å². The zero-order valence-corrected chi connectivity index (χ0v) is 10.7. The van der Waals surface area contributed by atoms with Crippen molar-refractivity contribution in [1.29, 1.82) is 0 Å². The highest BCUT2D eigenvalue weighted by Gasteiger charge is 2.33. The van der Waals surface area contributed by atoms with Gasteiger partial charge in [0.25, 0.3) is 5.91 Å². The molecular formula is C14H19NO2. The van der Waals surface area contributed by atoms with Crippen molar-refractivity contribution >= 4 is 5.91 Å². The average molecular weight is 233 g/mol. The summed E-state index contributed by atoms with van der Waals surface area (Å²) in [4.78, 5) is 14.1. The monoisotopic (exact) mass is 233 g/mol. The van der Waals surface area contributed by atoms with E-state index in [4.69, 9.17) is 4.74 Å². The summed E-state index contributed by atoms with van der Waals surface area (Å²) < 4.78 is 5.25. The molecule has 0 atom stereocenters. The fourth-order valence-electron chi connectivity index (χ4n) is 2.14. The highest BCUT2D eigenvalue weighted by molar-refractivity contribution is 5.84. The predicted octanol–water partition coefficient (Wildman–Crippen LogP) is 2.00. The highest BCUT2D eigenvalue weighted by Crippen LogP contribution is 2.22. The fourth-order valence-corrected chi connectivity index (χ4v) is 2.14. The maximum Gasteiger partial charge on any atom is 0.254 e. The van der Waals surface area contributed by atoms with Crippen LogP contribution in [0.25, 0.3) is 0 Å². The number of hydrogen-bond acceptors (Lipinski definition) is 2. The zero-order valence-electron chi connectivity index (χ0n) is 10.7. The lowest BCUT2D eigenvalue weighted by atomic mass is 9.98. The van der Waals surface area contributed by atoms with Crippen LogP contribution in [0.5, 0.6) is 0 Å². The first-order valence-corrected chi connectivity index (χ1v) is 5.96. The van der Waals surface area contributed by atoms with E-state index in [1.54, 1.807) is 7.11 Å². The van der Waals surface area contributed by atoms with Gasteiger partial charge in [0.2, 0.25) is 0 Å². The first-order valence-electron chi connectivity index (χ1n) is 5.96. The molecule has 1 aromatic rings. The van der Waals surface area contributed by atoms with Gasteiger partial charge >= 0.3 is 0 Å². The Morgan fingerprint density at radius 1 is 1.29 bits per heavy atom. The van der Waals surface area contributed by atoms with E-state index < -0.39 is 5.60 Å². The molecule has 0 N–H and O–H groups in total. The predicted molar refractivity (Wildman–Crippen MR) is 66.7 cm³/mol. The Morgan fingerprint density at radius 2 is 1.94 bits per heavy atom. The second-order valence-electron chi connectivity index (χ2n) is 4.96. The van der Waals surface area contributed by atoms with Crippen LogP contribution < -0.4 is 0 Å². The molecule has 3 heteroatoms. The van der Waals surface area contributed by atoms with Gasteiger partial charge in [0, 0.05) is 20.2 Å². The topological polar surface area (TPSA) is 29.5 Å². The number of methoxy groups -OCH3 is 1. The lowest BCUT2D eigenvalue weighted by Gasteiger charge is -2.34. The van der Waals surface area contributed by atoms with Gasteiger partial charge < -0.3 is 9.64 Å². The molecule has 1 aromatic carbocycles. The van der Waals surface area contributed by atoms with Gasteiger partial charge in [0.05, 0.1) is 0 Å². The zero-order chi connectivity index (χ0) is 12.5. The van der Waals surface area contributed by atoms with Gasteiger partial charge in [-0.15, -0.1) is 0 Å². The molecule has 0 radical (unpaired) electrons. The number of benzene rings is 1. The minimum atomic E-state index is -0.730. The normalized spacial score (nSPS) is 15.6. The average Bonchev–Trinajstić information content (AvgIpc) is 2.37. The van der Waals surface area contributed by atoms with Crippen molar-refractivity contribution in [2.24, 2.45) is 0 Å². The Balaban J connectivity index is 2.15. The third kappa shape index (κ3) is 2.34. The van der Waals surface area contributed by atoms with Crippen molar-refractivity contribution in [3.63, 3.8) is 0 Å². The molecule has 17 heavy (non-hydrogen) atoms. The molecule has 0 unspecified atom stereocenters. The molecule has 0 saturated heterocycles. The summed E-state index contributed by atoms with van der Waals surface area (Å²) in [5, 5.41) is 0. The van der Waals surface area contributed by atoms with E-state index in [-0.39, 0.29) is 5.91 Å². The number of nitrogens with zero attached hydrogens (tertiary/aromatic N) is 1. The highest BCUT2D eigenvalue weighted by atomic mass is 16.5. The number of carbonyl (C=O) groups excluding carboxylic acids is 1. The van der Waals surface area contributed by atoms with Crippen molar-refractivity contribution in [2.75, 3.05) is 13.7 Å². The van der Waals surface area contributed by atoms with Crippen LogP contribution in [0.4, 0.5) is 0 Å². The second kappa shape index (κ2) is 4.49. The van der Waals surface area contributed by atoms with E-state index in [1.165, 1.54) is 11.1 Å². The fraction of sp³-hybridized carbons (Fsp3) is 0.500. The van der Waals surface area contributed by atoms with Gasteiger partial charge in [0.15, 0.2) is 0 Å². The van der Waals surface area contributed by atoms with Crippen LogP contribution in [0.15, 0.2) is 24.3 Å². The quantitative estimate of drug-likeness (QED) is 0.782. The lowest BCUT2D eigenvalue weighted by molar-refractivity contribution is -0.152. The van der Waals surface area contributed by atoms with Crippen molar-refractivity contribution in [3.05, 3.63) is 35.4 Å². The van der Waals surface area contributed by atoms with Gasteiger partial charge in [-0.05, 0) is 31.4 Å². The van der Waals surface area contributed by atoms with E-state index in [1.807, 2.05) is 24.8 Å². The number of carbonyl (C=O) groups is 1. The first-order chi connectivity index (χ1) is 8.04. The molecule has 0 aliphatic carbocycles. The maximum absolute atomic E-state index is 12.3.